The molecule has 1 saturated carbocycles. The van der Waals surface area contributed by atoms with E-state index >= 15 is 0 Å². The van der Waals surface area contributed by atoms with Gasteiger partial charge in [-0.25, -0.2) is 0 Å². The van der Waals surface area contributed by atoms with Crippen LogP contribution in [0.4, 0.5) is 13.2 Å². The Bertz CT molecular complexity index is 1280. The van der Waals surface area contributed by atoms with Crippen molar-refractivity contribution in [3.05, 3.63) is 77.4 Å². The molecule has 5 rings (SSSR count). The molecule has 0 unspecified atom stereocenters. The summed E-state index contributed by atoms with van der Waals surface area (Å²) in [5.41, 5.74) is 2.85. The van der Waals surface area contributed by atoms with Gasteiger partial charge in [-0.2, -0.15) is 0 Å². The van der Waals surface area contributed by atoms with Gasteiger partial charge in [-0.3, -0.25) is 4.79 Å². The Morgan fingerprint density at radius 2 is 1.77 bits per heavy atom. The summed E-state index contributed by atoms with van der Waals surface area (Å²) in [6.45, 7) is 4.20. The van der Waals surface area contributed by atoms with Crippen molar-refractivity contribution < 1.29 is 32.2 Å². The summed E-state index contributed by atoms with van der Waals surface area (Å²) in [6.07, 6.45) is -3.26. The van der Waals surface area contributed by atoms with E-state index in [1.165, 1.54) is 12.1 Å². The van der Waals surface area contributed by atoms with Crippen molar-refractivity contribution in [1.29, 1.82) is 0 Å². The number of hydrogen-bond donors (Lipinski definition) is 0. The third-order valence-electron chi connectivity index (χ3n) is 6.71. The van der Waals surface area contributed by atoms with Crippen molar-refractivity contribution in [2.75, 3.05) is 6.79 Å². The van der Waals surface area contributed by atoms with Gasteiger partial charge in [0.05, 0.1) is 5.41 Å². The lowest BCUT2D eigenvalue weighted by Gasteiger charge is -2.18. The minimum absolute atomic E-state index is 0.0303. The first kappa shape index (κ1) is 23.3. The molecule has 1 aliphatic heterocycles. The Kier molecular flexibility index (Phi) is 5.74. The van der Waals surface area contributed by atoms with E-state index in [1.54, 1.807) is 12.1 Å². The molecule has 0 saturated heterocycles. The fourth-order valence-electron chi connectivity index (χ4n) is 4.59. The molecule has 2 aliphatic rings. The molecule has 35 heavy (non-hydrogen) atoms. The van der Waals surface area contributed by atoms with Crippen LogP contribution in [0.5, 0.6) is 17.2 Å². The summed E-state index contributed by atoms with van der Waals surface area (Å²) < 4.78 is 54.5. The lowest BCUT2D eigenvalue weighted by atomic mass is 9.87. The molecule has 7 heteroatoms. The van der Waals surface area contributed by atoms with Gasteiger partial charge in [-0.1, -0.05) is 50.2 Å². The summed E-state index contributed by atoms with van der Waals surface area (Å²) >= 11 is 0. The Morgan fingerprint density at radius 3 is 2.49 bits per heavy atom. The maximum atomic E-state index is 13.4. The molecule has 3 aromatic carbocycles. The first-order valence-corrected chi connectivity index (χ1v) is 11.6. The van der Waals surface area contributed by atoms with Crippen LogP contribution in [0.1, 0.15) is 49.3 Å². The van der Waals surface area contributed by atoms with E-state index in [4.69, 9.17) is 9.47 Å². The standard InChI is InChI=1S/C28H25F3O4/c1-17(2)19-4-3-5-20(14-19)22-12-18(6-8-23(22)35-28(29,30)31)13-26(32)27(10-11-27)21-7-9-24-25(15-21)34-16-33-24/h3-9,12,14-15,17H,10-11,13,16H2,1-2H3. The molecule has 0 bridgehead atoms. The minimum Gasteiger partial charge on any atom is -0.454 e. The van der Waals surface area contributed by atoms with Crippen LogP contribution in [-0.4, -0.2) is 18.9 Å². The van der Waals surface area contributed by atoms with E-state index < -0.39 is 11.8 Å². The third-order valence-corrected chi connectivity index (χ3v) is 6.71. The normalized spacial score (nSPS) is 15.8. The van der Waals surface area contributed by atoms with E-state index in [1.807, 2.05) is 50.2 Å². The first-order valence-electron chi connectivity index (χ1n) is 11.6. The summed E-state index contributed by atoms with van der Waals surface area (Å²) in [4.78, 5) is 13.4. The topological polar surface area (TPSA) is 44.8 Å². The highest BCUT2D eigenvalue weighted by molar-refractivity contribution is 5.95. The molecule has 4 nitrogen and oxygen atoms in total. The molecular formula is C28H25F3O4. The average Bonchev–Trinajstić information content (AvgIpc) is 3.50. The van der Waals surface area contributed by atoms with Crippen molar-refractivity contribution in [1.82, 2.24) is 0 Å². The van der Waals surface area contributed by atoms with Gasteiger partial charge in [0, 0.05) is 12.0 Å². The quantitative estimate of drug-likeness (QED) is 0.366. The first-order chi connectivity index (χ1) is 16.6. The number of carbonyl (C=O) groups excluding carboxylic acids is 1. The van der Waals surface area contributed by atoms with Crippen LogP contribution >= 0.6 is 0 Å². The number of ether oxygens (including phenoxy) is 3. The smallest absolute Gasteiger partial charge is 0.454 e. The van der Waals surface area contributed by atoms with Crippen LogP contribution in [0.25, 0.3) is 11.1 Å². The molecule has 1 fully saturated rings. The van der Waals surface area contributed by atoms with Crippen molar-refractivity contribution in [3.8, 4) is 28.4 Å². The highest BCUT2D eigenvalue weighted by Crippen LogP contribution is 2.51. The number of rotatable bonds is 7. The van der Waals surface area contributed by atoms with E-state index in [0.717, 1.165) is 24.0 Å². The number of hydrogen-bond acceptors (Lipinski definition) is 4. The number of carbonyl (C=O) groups is 1. The maximum Gasteiger partial charge on any atom is 0.573 e. The lowest BCUT2D eigenvalue weighted by Crippen LogP contribution is -2.22. The Hall–Kier alpha value is -3.48. The number of benzene rings is 3. The molecular weight excluding hydrogens is 457 g/mol. The zero-order valence-electron chi connectivity index (χ0n) is 19.4. The monoisotopic (exact) mass is 482 g/mol. The van der Waals surface area contributed by atoms with Crippen molar-refractivity contribution >= 4 is 5.78 Å². The van der Waals surface area contributed by atoms with Gasteiger partial charge in [-0.05, 0) is 65.3 Å². The molecule has 1 aliphatic carbocycles. The van der Waals surface area contributed by atoms with Crippen LogP contribution in [0.2, 0.25) is 0 Å². The second-order valence-corrected chi connectivity index (χ2v) is 9.41. The van der Waals surface area contributed by atoms with Crippen LogP contribution < -0.4 is 14.2 Å². The van der Waals surface area contributed by atoms with E-state index in [-0.39, 0.29) is 30.7 Å². The molecule has 0 amide bonds. The second kappa shape index (κ2) is 8.63. The lowest BCUT2D eigenvalue weighted by molar-refractivity contribution is -0.274. The predicted molar refractivity (Wildman–Crippen MR) is 125 cm³/mol. The Balaban J connectivity index is 1.46. The van der Waals surface area contributed by atoms with E-state index in [2.05, 4.69) is 4.74 Å². The molecule has 0 aromatic heterocycles. The summed E-state index contributed by atoms with van der Waals surface area (Å²) in [7, 11) is 0. The largest absolute Gasteiger partial charge is 0.573 e. The van der Waals surface area contributed by atoms with Crippen LogP contribution in [0, 0.1) is 0 Å². The Morgan fingerprint density at radius 1 is 1.00 bits per heavy atom. The molecule has 182 valence electrons. The SMILES string of the molecule is CC(C)c1cccc(-c2cc(CC(=O)C3(c4ccc5c(c4)OCO5)CC3)ccc2OC(F)(F)F)c1. The average molecular weight is 482 g/mol. The maximum absolute atomic E-state index is 13.4. The van der Waals surface area contributed by atoms with E-state index in [0.29, 0.717) is 28.2 Å². The highest BCUT2D eigenvalue weighted by Gasteiger charge is 2.50. The third kappa shape index (κ3) is 4.72. The number of ketones is 1. The number of Topliss-reactive ketones (excluding diaryl/α,β-unsaturated/α-hetero) is 1. The van der Waals surface area contributed by atoms with Crippen LogP contribution in [0.15, 0.2) is 60.7 Å². The van der Waals surface area contributed by atoms with Gasteiger partial charge in [0.25, 0.3) is 0 Å². The van der Waals surface area contributed by atoms with Crippen molar-refractivity contribution in [2.24, 2.45) is 0 Å². The predicted octanol–water partition coefficient (Wildman–Crippen LogP) is 6.95. The van der Waals surface area contributed by atoms with Crippen LogP contribution in [0.3, 0.4) is 0 Å². The number of alkyl halides is 3. The molecule has 0 N–H and O–H groups in total. The minimum atomic E-state index is -4.82. The van der Waals surface area contributed by atoms with Crippen LogP contribution in [-0.2, 0) is 16.6 Å². The van der Waals surface area contributed by atoms with Gasteiger partial charge < -0.3 is 14.2 Å². The summed E-state index contributed by atoms with van der Waals surface area (Å²) in [6, 6.07) is 17.4. The van der Waals surface area contributed by atoms with E-state index in [9.17, 15) is 18.0 Å². The number of fused-ring (bicyclic) bond motifs is 1. The Labute approximate surface area is 201 Å². The highest BCUT2D eigenvalue weighted by atomic mass is 19.4. The van der Waals surface area contributed by atoms with Gasteiger partial charge in [0.1, 0.15) is 11.5 Å². The van der Waals surface area contributed by atoms with Gasteiger partial charge in [0.2, 0.25) is 6.79 Å². The van der Waals surface area contributed by atoms with Gasteiger partial charge in [0.15, 0.2) is 11.5 Å². The summed E-state index contributed by atoms with van der Waals surface area (Å²) in [5.74, 6) is 1.24. The number of halogens is 3. The molecule has 0 spiro atoms. The zero-order valence-corrected chi connectivity index (χ0v) is 19.4. The van der Waals surface area contributed by atoms with Crippen molar-refractivity contribution in [3.63, 3.8) is 0 Å². The second-order valence-electron chi connectivity index (χ2n) is 9.41. The van der Waals surface area contributed by atoms with Crippen molar-refractivity contribution in [2.45, 2.75) is 50.8 Å². The fourth-order valence-corrected chi connectivity index (χ4v) is 4.59. The summed E-state index contributed by atoms with van der Waals surface area (Å²) in [5, 5.41) is 0. The fraction of sp³-hybridized carbons (Fsp3) is 0.321. The molecule has 3 aromatic rings. The van der Waals surface area contributed by atoms with Gasteiger partial charge in [-0.15, -0.1) is 13.2 Å². The van der Waals surface area contributed by atoms with Gasteiger partial charge >= 0.3 is 6.36 Å². The molecule has 1 heterocycles. The molecule has 0 radical (unpaired) electrons. The zero-order chi connectivity index (χ0) is 24.8. The molecule has 0 atom stereocenters.